The number of rotatable bonds is 5. The van der Waals surface area contributed by atoms with Crippen molar-refractivity contribution in [2.24, 2.45) is 10.9 Å². The highest BCUT2D eigenvalue weighted by Gasteiger charge is 2.43. The Hall–Kier alpha value is -2.82. The molecule has 1 aromatic carbocycles. The van der Waals surface area contributed by atoms with Crippen LogP contribution in [0.25, 0.3) is 0 Å². The van der Waals surface area contributed by atoms with Crippen molar-refractivity contribution in [2.75, 3.05) is 11.1 Å². The van der Waals surface area contributed by atoms with Crippen LogP contribution >= 0.6 is 23.4 Å². The lowest BCUT2D eigenvalue weighted by atomic mass is 9.72. The van der Waals surface area contributed by atoms with Gasteiger partial charge >= 0.3 is 0 Å². The molecule has 6 nitrogen and oxygen atoms in total. The van der Waals surface area contributed by atoms with Gasteiger partial charge in [-0.15, -0.1) is 0 Å². The monoisotopic (exact) mass is 453 g/mol. The van der Waals surface area contributed by atoms with Crippen LogP contribution in [0.4, 0.5) is 5.69 Å². The van der Waals surface area contributed by atoms with Crippen molar-refractivity contribution in [3.8, 4) is 6.07 Å². The van der Waals surface area contributed by atoms with E-state index in [0.29, 0.717) is 39.9 Å². The molecule has 2 aromatic rings. The number of carbonyl (C=O) groups is 2. The number of anilines is 1. The van der Waals surface area contributed by atoms with E-state index in [1.54, 1.807) is 24.3 Å². The predicted molar refractivity (Wildman–Crippen MR) is 121 cm³/mol. The number of hydrogen-bond acceptors (Lipinski definition) is 6. The fourth-order valence-electron chi connectivity index (χ4n) is 3.99. The number of allylic oxidation sites excluding steroid dienone is 1. The van der Waals surface area contributed by atoms with Gasteiger partial charge in [0.1, 0.15) is 16.6 Å². The number of thioether (sulfide) groups is 1. The average molecular weight is 454 g/mol. The topological polar surface area (TPSA) is 95.5 Å². The Morgan fingerprint density at radius 3 is 2.94 bits per heavy atom. The van der Waals surface area contributed by atoms with E-state index in [2.05, 4.69) is 16.4 Å². The predicted octanol–water partition coefficient (Wildman–Crippen LogP) is 5.26. The zero-order valence-corrected chi connectivity index (χ0v) is 18.4. The number of benzene rings is 1. The number of carbonyl (C=O) groups excluding carboxylic acids is 2. The Morgan fingerprint density at radius 1 is 1.35 bits per heavy atom. The molecule has 158 valence electrons. The van der Waals surface area contributed by atoms with Crippen LogP contribution in [-0.4, -0.2) is 23.2 Å². The van der Waals surface area contributed by atoms with E-state index >= 15 is 0 Å². The number of nitriles is 1. The van der Waals surface area contributed by atoms with Gasteiger partial charge in [0.05, 0.1) is 35.5 Å². The highest BCUT2D eigenvalue weighted by molar-refractivity contribution is 8.03. The van der Waals surface area contributed by atoms with Gasteiger partial charge in [0.2, 0.25) is 5.91 Å². The number of furan rings is 1. The summed E-state index contributed by atoms with van der Waals surface area (Å²) in [5, 5.41) is 13.8. The number of nitrogens with one attached hydrogen (secondary N) is 1. The summed E-state index contributed by atoms with van der Waals surface area (Å²) in [6, 6.07) is 11.1. The highest BCUT2D eigenvalue weighted by Crippen LogP contribution is 2.45. The lowest BCUT2D eigenvalue weighted by Gasteiger charge is -2.33. The lowest BCUT2D eigenvalue weighted by molar-refractivity contribution is -0.122. The molecule has 1 amide bonds. The fourth-order valence-corrected chi connectivity index (χ4v) is 5.01. The lowest BCUT2D eigenvalue weighted by Crippen LogP contribution is -2.37. The number of aliphatic imine (C=N–C) groups is 1. The second kappa shape index (κ2) is 9.13. The quantitative estimate of drug-likeness (QED) is 0.666. The minimum absolute atomic E-state index is 0.0761. The van der Waals surface area contributed by atoms with E-state index in [0.717, 1.165) is 17.7 Å². The third kappa shape index (κ3) is 4.46. The SMILES string of the molecule is Cc1ccc(Cl)cc1NC(=O)CSC1=C(C#N)[C@H](c2ccco2)[C@@H]2C(=O)CCCC2=N1. The molecule has 1 aliphatic carbocycles. The molecule has 0 spiro atoms. The van der Waals surface area contributed by atoms with Crippen molar-refractivity contribution in [2.45, 2.75) is 32.1 Å². The van der Waals surface area contributed by atoms with Crippen molar-refractivity contribution >= 4 is 46.5 Å². The molecule has 2 heterocycles. The molecule has 0 saturated heterocycles. The molecule has 1 fully saturated rings. The number of hydrogen-bond donors (Lipinski definition) is 1. The molecule has 1 saturated carbocycles. The summed E-state index contributed by atoms with van der Waals surface area (Å²) in [4.78, 5) is 29.9. The summed E-state index contributed by atoms with van der Waals surface area (Å²) in [6.45, 7) is 1.89. The van der Waals surface area contributed by atoms with E-state index in [9.17, 15) is 14.9 Å². The highest BCUT2D eigenvalue weighted by atomic mass is 35.5. The molecule has 31 heavy (non-hydrogen) atoms. The van der Waals surface area contributed by atoms with Crippen molar-refractivity contribution < 1.29 is 14.0 Å². The van der Waals surface area contributed by atoms with E-state index in [4.69, 9.17) is 16.0 Å². The number of halogens is 1. The normalized spacial score (nSPS) is 20.7. The maximum absolute atomic E-state index is 12.7. The smallest absolute Gasteiger partial charge is 0.234 e. The van der Waals surface area contributed by atoms with Crippen LogP contribution < -0.4 is 5.32 Å². The van der Waals surface area contributed by atoms with Crippen LogP contribution in [0.15, 0.2) is 56.6 Å². The first-order valence-electron chi connectivity index (χ1n) is 9.94. The number of nitrogens with zero attached hydrogens (tertiary/aromatic N) is 2. The minimum Gasteiger partial charge on any atom is -0.469 e. The van der Waals surface area contributed by atoms with Gasteiger partial charge in [0.25, 0.3) is 0 Å². The van der Waals surface area contributed by atoms with E-state index < -0.39 is 11.8 Å². The molecule has 1 aliphatic heterocycles. The molecule has 1 N–H and O–H groups in total. The van der Waals surface area contributed by atoms with Gasteiger partial charge in [-0.2, -0.15) is 5.26 Å². The van der Waals surface area contributed by atoms with Gasteiger partial charge in [-0.25, -0.2) is 4.99 Å². The number of aryl methyl sites for hydroxylation is 1. The molecule has 8 heteroatoms. The molecule has 4 rings (SSSR count). The van der Waals surface area contributed by atoms with Crippen molar-refractivity contribution in [3.63, 3.8) is 0 Å². The number of ketones is 1. The summed E-state index contributed by atoms with van der Waals surface area (Å²) in [5.74, 6) is -0.467. The van der Waals surface area contributed by atoms with Gasteiger partial charge in [0.15, 0.2) is 0 Å². The Balaban J connectivity index is 1.58. The summed E-state index contributed by atoms with van der Waals surface area (Å²) >= 11 is 7.22. The third-order valence-corrected chi connectivity index (χ3v) is 6.69. The fraction of sp³-hybridized carbons (Fsp3) is 0.304. The first-order chi connectivity index (χ1) is 15.0. The van der Waals surface area contributed by atoms with Gasteiger partial charge in [-0.3, -0.25) is 9.59 Å². The van der Waals surface area contributed by atoms with E-state index in [-0.39, 0.29) is 17.4 Å². The first kappa shape index (κ1) is 21.4. The van der Waals surface area contributed by atoms with Crippen molar-refractivity contribution in [1.29, 1.82) is 5.26 Å². The third-order valence-electron chi connectivity index (χ3n) is 5.47. The molecule has 2 aliphatic rings. The second-order valence-electron chi connectivity index (χ2n) is 7.52. The zero-order valence-electron chi connectivity index (χ0n) is 16.9. The Morgan fingerprint density at radius 2 is 2.19 bits per heavy atom. The van der Waals surface area contributed by atoms with Crippen LogP contribution in [0, 0.1) is 24.2 Å². The maximum atomic E-state index is 12.7. The molecular weight excluding hydrogens is 434 g/mol. The molecule has 1 aromatic heterocycles. The van der Waals surface area contributed by atoms with E-state index in [1.807, 2.05) is 13.0 Å². The second-order valence-corrected chi connectivity index (χ2v) is 8.92. The van der Waals surface area contributed by atoms with Crippen molar-refractivity contribution in [1.82, 2.24) is 0 Å². The zero-order chi connectivity index (χ0) is 22.0. The summed E-state index contributed by atoms with van der Waals surface area (Å²) in [5.41, 5.74) is 2.69. The Labute approximate surface area is 189 Å². The van der Waals surface area contributed by atoms with Gasteiger partial charge < -0.3 is 9.73 Å². The number of amides is 1. The van der Waals surface area contributed by atoms with Crippen LogP contribution in [0.5, 0.6) is 0 Å². The molecule has 0 unspecified atom stereocenters. The largest absolute Gasteiger partial charge is 0.469 e. The van der Waals surface area contributed by atoms with Gasteiger partial charge in [0, 0.05) is 22.8 Å². The number of fused-ring (bicyclic) bond motifs is 1. The summed E-state index contributed by atoms with van der Waals surface area (Å²) < 4.78 is 5.59. The first-order valence-corrected chi connectivity index (χ1v) is 11.3. The molecule has 0 radical (unpaired) electrons. The number of Topliss-reactive ketones (excluding diaryl/α,β-unsaturated/α-hetero) is 1. The maximum Gasteiger partial charge on any atom is 0.234 e. The summed E-state index contributed by atoms with van der Waals surface area (Å²) in [6.07, 6.45) is 3.46. The van der Waals surface area contributed by atoms with Crippen LogP contribution in [0.2, 0.25) is 5.02 Å². The average Bonchev–Trinajstić information content (AvgIpc) is 3.28. The standard InChI is InChI=1S/C23H20ClN3O3S/c1-13-7-8-14(24)10-17(13)26-20(29)12-31-23-15(11-25)21(19-6-3-9-30-19)22-16(27-23)4-2-5-18(22)28/h3,6-10,21-22H,2,4-5,12H2,1H3,(H,26,29)/t21-,22+/m1/s1. The molecule has 2 atom stereocenters. The Bertz CT molecular complexity index is 1130. The van der Waals surface area contributed by atoms with Gasteiger partial charge in [-0.05, 0) is 49.6 Å². The summed E-state index contributed by atoms with van der Waals surface area (Å²) in [7, 11) is 0. The van der Waals surface area contributed by atoms with Crippen LogP contribution in [-0.2, 0) is 9.59 Å². The Kier molecular flexibility index (Phi) is 6.30. The molecular formula is C23H20ClN3O3S. The molecule has 0 bridgehead atoms. The van der Waals surface area contributed by atoms with Crippen LogP contribution in [0.3, 0.4) is 0 Å². The van der Waals surface area contributed by atoms with Gasteiger partial charge in [-0.1, -0.05) is 29.4 Å². The minimum atomic E-state index is -0.499. The van der Waals surface area contributed by atoms with Crippen molar-refractivity contribution in [3.05, 3.63) is 63.5 Å². The van der Waals surface area contributed by atoms with E-state index in [1.165, 1.54) is 18.0 Å². The van der Waals surface area contributed by atoms with Crippen LogP contribution in [0.1, 0.15) is 36.5 Å².